The monoisotopic (exact) mass is 440 g/mol. The van der Waals surface area contributed by atoms with Crippen LogP contribution in [0.1, 0.15) is 61.7 Å². The zero-order valence-corrected chi connectivity index (χ0v) is 19.5. The van der Waals surface area contributed by atoms with E-state index in [4.69, 9.17) is 9.47 Å². The van der Waals surface area contributed by atoms with Gasteiger partial charge in [-0.25, -0.2) is 0 Å². The lowest BCUT2D eigenvalue weighted by Crippen LogP contribution is -2.48. The summed E-state index contributed by atoms with van der Waals surface area (Å²) >= 11 is 0. The fourth-order valence-corrected chi connectivity index (χ4v) is 7.46. The van der Waals surface area contributed by atoms with Crippen molar-refractivity contribution < 1.29 is 19.1 Å². The van der Waals surface area contributed by atoms with Gasteiger partial charge in [0.25, 0.3) is 5.91 Å². The second-order valence-electron chi connectivity index (χ2n) is 10.7. The molecular weight excluding hydrogens is 404 g/mol. The zero-order chi connectivity index (χ0) is 22.3. The molecule has 0 unspecified atom stereocenters. The standard InChI is InChI=1S/C26H36N2O4/c1-31-22-5-4-21(13-23(22)32-2)25(30)28-7-3-6-27(8-9-28)24(29)17-26-14-18-10-19(15-26)12-20(11-18)16-26/h4-5,13,18-20H,3,6-12,14-17H2,1-2H3. The molecule has 0 N–H and O–H groups in total. The highest BCUT2D eigenvalue weighted by atomic mass is 16.5. The fourth-order valence-electron chi connectivity index (χ4n) is 7.46. The van der Waals surface area contributed by atoms with Crippen LogP contribution in [0, 0.1) is 23.2 Å². The summed E-state index contributed by atoms with van der Waals surface area (Å²) in [5.74, 6) is 4.07. The third-order valence-electron chi connectivity index (χ3n) is 8.46. The highest BCUT2D eigenvalue weighted by Gasteiger charge is 2.51. The van der Waals surface area contributed by atoms with E-state index in [-0.39, 0.29) is 11.3 Å². The lowest BCUT2D eigenvalue weighted by molar-refractivity contribution is -0.139. The van der Waals surface area contributed by atoms with Crippen LogP contribution in [0.2, 0.25) is 0 Å². The van der Waals surface area contributed by atoms with E-state index in [9.17, 15) is 9.59 Å². The molecule has 2 amide bonds. The van der Waals surface area contributed by atoms with E-state index in [0.29, 0.717) is 42.6 Å². The van der Waals surface area contributed by atoms with Gasteiger partial charge in [0, 0.05) is 38.2 Å². The quantitative estimate of drug-likeness (QED) is 0.695. The smallest absolute Gasteiger partial charge is 0.254 e. The van der Waals surface area contributed by atoms with E-state index >= 15 is 0 Å². The molecule has 4 saturated carbocycles. The first-order valence-corrected chi connectivity index (χ1v) is 12.3. The minimum atomic E-state index is -0.0127. The molecule has 174 valence electrons. The van der Waals surface area contributed by atoms with Crippen LogP contribution in [0.15, 0.2) is 18.2 Å². The number of benzene rings is 1. The Balaban J connectivity index is 1.21. The maximum absolute atomic E-state index is 13.3. The van der Waals surface area contributed by atoms with Gasteiger partial charge in [-0.3, -0.25) is 9.59 Å². The molecule has 5 aliphatic rings. The van der Waals surface area contributed by atoms with Gasteiger partial charge in [0.05, 0.1) is 14.2 Å². The van der Waals surface area contributed by atoms with Crippen LogP contribution >= 0.6 is 0 Å². The van der Waals surface area contributed by atoms with Crippen molar-refractivity contribution in [2.75, 3.05) is 40.4 Å². The minimum Gasteiger partial charge on any atom is -0.493 e. The predicted molar refractivity (Wildman–Crippen MR) is 122 cm³/mol. The van der Waals surface area contributed by atoms with E-state index in [1.165, 1.54) is 38.5 Å². The summed E-state index contributed by atoms with van der Waals surface area (Å²) in [5.41, 5.74) is 0.865. The first kappa shape index (κ1) is 21.6. The summed E-state index contributed by atoms with van der Waals surface area (Å²) in [6.07, 6.45) is 9.57. The fraction of sp³-hybridized carbons (Fsp3) is 0.692. The number of hydrogen-bond donors (Lipinski definition) is 0. The number of carbonyl (C=O) groups is 2. The van der Waals surface area contributed by atoms with Crippen molar-refractivity contribution in [2.45, 2.75) is 51.4 Å². The van der Waals surface area contributed by atoms with Crippen molar-refractivity contribution in [2.24, 2.45) is 23.2 Å². The number of methoxy groups -OCH3 is 2. The second kappa shape index (κ2) is 8.60. The number of ether oxygens (including phenoxy) is 2. The molecule has 1 saturated heterocycles. The van der Waals surface area contributed by atoms with Crippen molar-refractivity contribution in [1.29, 1.82) is 0 Å². The first-order chi connectivity index (χ1) is 15.5. The molecule has 0 atom stereocenters. The Bertz CT molecular complexity index is 847. The predicted octanol–water partition coefficient (Wildman–Crippen LogP) is 3.98. The largest absolute Gasteiger partial charge is 0.493 e. The van der Waals surface area contributed by atoms with E-state index in [1.54, 1.807) is 32.4 Å². The molecule has 1 aliphatic heterocycles. The van der Waals surface area contributed by atoms with Gasteiger partial charge in [-0.2, -0.15) is 0 Å². The molecule has 32 heavy (non-hydrogen) atoms. The Kier molecular flexibility index (Phi) is 5.81. The molecule has 1 heterocycles. The van der Waals surface area contributed by atoms with Gasteiger partial charge in [-0.05, 0) is 86.3 Å². The average Bonchev–Trinajstić information content (AvgIpc) is 3.03. The Hall–Kier alpha value is -2.24. The first-order valence-electron chi connectivity index (χ1n) is 12.3. The minimum absolute atomic E-state index is 0.0127. The maximum Gasteiger partial charge on any atom is 0.254 e. The number of nitrogens with zero attached hydrogens (tertiary/aromatic N) is 2. The van der Waals surface area contributed by atoms with Gasteiger partial charge in [-0.1, -0.05) is 0 Å². The number of amides is 2. The van der Waals surface area contributed by atoms with Crippen molar-refractivity contribution >= 4 is 11.8 Å². The molecule has 0 spiro atoms. The van der Waals surface area contributed by atoms with Crippen molar-refractivity contribution in [3.63, 3.8) is 0 Å². The Morgan fingerprint density at radius 1 is 0.875 bits per heavy atom. The molecule has 5 fully saturated rings. The molecule has 4 aliphatic carbocycles. The summed E-state index contributed by atoms with van der Waals surface area (Å²) in [4.78, 5) is 30.4. The molecule has 6 heteroatoms. The van der Waals surface area contributed by atoms with E-state index in [2.05, 4.69) is 0 Å². The van der Waals surface area contributed by atoms with Crippen LogP contribution in [-0.2, 0) is 4.79 Å². The lowest BCUT2D eigenvalue weighted by Gasteiger charge is -2.57. The number of hydrogen-bond acceptors (Lipinski definition) is 4. The van der Waals surface area contributed by atoms with Gasteiger partial charge >= 0.3 is 0 Å². The average molecular weight is 441 g/mol. The van der Waals surface area contributed by atoms with E-state index in [1.807, 2.05) is 9.80 Å². The van der Waals surface area contributed by atoms with Crippen LogP contribution < -0.4 is 9.47 Å². The summed E-state index contributed by atoms with van der Waals surface area (Å²) in [6, 6.07) is 5.29. The van der Waals surface area contributed by atoms with Gasteiger partial charge < -0.3 is 19.3 Å². The molecule has 0 aromatic heterocycles. The Morgan fingerprint density at radius 3 is 2.09 bits per heavy atom. The second-order valence-corrected chi connectivity index (χ2v) is 10.7. The molecule has 4 bridgehead atoms. The van der Waals surface area contributed by atoms with Crippen LogP contribution in [0.3, 0.4) is 0 Å². The molecule has 6 nitrogen and oxygen atoms in total. The SMILES string of the molecule is COc1ccc(C(=O)N2CCCN(C(=O)CC34CC5CC(CC(C5)C3)C4)CC2)cc1OC. The van der Waals surface area contributed by atoms with Crippen LogP contribution in [0.5, 0.6) is 11.5 Å². The van der Waals surface area contributed by atoms with Crippen molar-refractivity contribution in [3.05, 3.63) is 23.8 Å². The number of carbonyl (C=O) groups excluding carboxylic acids is 2. The van der Waals surface area contributed by atoms with Crippen LogP contribution in [0.4, 0.5) is 0 Å². The van der Waals surface area contributed by atoms with Crippen molar-refractivity contribution in [1.82, 2.24) is 9.80 Å². The Morgan fingerprint density at radius 2 is 1.47 bits per heavy atom. The summed E-state index contributed by atoms with van der Waals surface area (Å²) < 4.78 is 10.6. The summed E-state index contributed by atoms with van der Waals surface area (Å²) in [6.45, 7) is 2.64. The molecule has 6 rings (SSSR count). The zero-order valence-electron chi connectivity index (χ0n) is 19.5. The molecule has 0 radical (unpaired) electrons. The summed E-state index contributed by atoms with van der Waals surface area (Å²) in [7, 11) is 3.16. The van der Waals surface area contributed by atoms with Gasteiger partial charge in [0.2, 0.25) is 5.91 Å². The van der Waals surface area contributed by atoms with Gasteiger partial charge in [-0.15, -0.1) is 0 Å². The highest BCUT2D eigenvalue weighted by Crippen LogP contribution is 2.61. The Labute approximate surface area is 191 Å². The highest BCUT2D eigenvalue weighted by molar-refractivity contribution is 5.95. The normalized spacial score (nSPS) is 31.4. The van der Waals surface area contributed by atoms with Gasteiger partial charge in [0.15, 0.2) is 11.5 Å². The summed E-state index contributed by atoms with van der Waals surface area (Å²) in [5, 5.41) is 0. The maximum atomic E-state index is 13.3. The van der Waals surface area contributed by atoms with Crippen LogP contribution in [-0.4, -0.2) is 62.0 Å². The van der Waals surface area contributed by atoms with Crippen LogP contribution in [0.25, 0.3) is 0 Å². The van der Waals surface area contributed by atoms with Crippen molar-refractivity contribution in [3.8, 4) is 11.5 Å². The lowest BCUT2D eigenvalue weighted by atomic mass is 9.49. The number of rotatable bonds is 5. The third kappa shape index (κ3) is 4.08. The van der Waals surface area contributed by atoms with Gasteiger partial charge in [0.1, 0.15) is 0 Å². The topological polar surface area (TPSA) is 59.1 Å². The molecule has 1 aromatic rings. The van der Waals surface area contributed by atoms with E-state index in [0.717, 1.165) is 37.1 Å². The van der Waals surface area contributed by atoms with E-state index < -0.39 is 0 Å². The molecular formula is C26H36N2O4. The third-order valence-corrected chi connectivity index (χ3v) is 8.46. The molecule has 1 aromatic carbocycles.